The zero-order valence-electron chi connectivity index (χ0n) is 14.7. The van der Waals surface area contributed by atoms with Gasteiger partial charge in [-0.15, -0.1) is 0 Å². The third kappa shape index (κ3) is 5.74. The topological polar surface area (TPSA) is 94.6 Å². The zero-order valence-corrected chi connectivity index (χ0v) is 14.7. The molecule has 2 heterocycles. The molecule has 1 aliphatic heterocycles. The molecule has 1 unspecified atom stereocenters. The molecule has 0 saturated carbocycles. The molecule has 0 radical (unpaired) electrons. The van der Waals surface area contributed by atoms with E-state index in [9.17, 15) is 14.4 Å². The van der Waals surface area contributed by atoms with E-state index >= 15 is 0 Å². The van der Waals surface area contributed by atoms with Gasteiger partial charge < -0.3 is 20.4 Å². The van der Waals surface area contributed by atoms with Gasteiger partial charge in [0.05, 0.1) is 6.04 Å². The minimum absolute atomic E-state index is 0.0104. The van der Waals surface area contributed by atoms with Crippen LogP contribution < -0.4 is 10.6 Å². The van der Waals surface area contributed by atoms with Crippen molar-refractivity contribution in [3.05, 3.63) is 30.1 Å². The van der Waals surface area contributed by atoms with Crippen molar-refractivity contribution in [2.45, 2.75) is 26.3 Å². The van der Waals surface area contributed by atoms with Crippen molar-refractivity contribution in [3.63, 3.8) is 0 Å². The normalized spacial score (nSPS) is 15.4. The maximum atomic E-state index is 12.1. The molecule has 1 saturated heterocycles. The highest BCUT2D eigenvalue weighted by Crippen LogP contribution is 2.09. The summed E-state index contributed by atoms with van der Waals surface area (Å²) < 4.78 is 0. The first kappa shape index (κ1) is 18.7. The molecule has 1 atom stereocenters. The molecule has 1 aromatic rings. The number of pyridine rings is 1. The Bertz CT molecular complexity index is 600. The van der Waals surface area contributed by atoms with E-state index in [1.165, 1.54) is 6.92 Å². The molecule has 8 heteroatoms. The van der Waals surface area contributed by atoms with E-state index in [2.05, 4.69) is 15.6 Å². The summed E-state index contributed by atoms with van der Waals surface area (Å²) >= 11 is 0. The second kappa shape index (κ2) is 9.00. The van der Waals surface area contributed by atoms with Crippen LogP contribution in [0, 0.1) is 0 Å². The number of carbonyl (C=O) groups excluding carboxylic acids is 3. The molecule has 0 spiro atoms. The average molecular weight is 347 g/mol. The Kier molecular flexibility index (Phi) is 6.73. The molecule has 2 N–H and O–H groups in total. The summed E-state index contributed by atoms with van der Waals surface area (Å²) in [4.78, 5) is 42.8. The summed E-state index contributed by atoms with van der Waals surface area (Å²) in [5, 5.41) is 5.51. The third-order valence-electron chi connectivity index (χ3n) is 4.23. The molecule has 8 nitrogen and oxygen atoms in total. The van der Waals surface area contributed by atoms with E-state index in [4.69, 9.17) is 0 Å². The number of aromatic nitrogens is 1. The Balaban J connectivity index is 1.66. The Morgan fingerprint density at radius 3 is 2.48 bits per heavy atom. The van der Waals surface area contributed by atoms with Gasteiger partial charge in [-0.1, -0.05) is 6.07 Å². The molecule has 4 amide bonds. The lowest BCUT2D eigenvalue weighted by Crippen LogP contribution is -2.50. The number of carbonyl (C=O) groups is 3. The number of amides is 4. The highest BCUT2D eigenvalue weighted by molar-refractivity contribution is 5.79. The second-order valence-electron chi connectivity index (χ2n) is 6.05. The van der Waals surface area contributed by atoms with Gasteiger partial charge in [0.1, 0.15) is 0 Å². The molecule has 136 valence electrons. The molecule has 1 fully saturated rings. The van der Waals surface area contributed by atoms with Crippen LogP contribution in [0.4, 0.5) is 4.79 Å². The van der Waals surface area contributed by atoms with Crippen LogP contribution in [0.2, 0.25) is 0 Å². The number of piperazine rings is 1. The van der Waals surface area contributed by atoms with Crippen LogP contribution in [0.15, 0.2) is 24.5 Å². The van der Waals surface area contributed by atoms with Crippen LogP contribution in [0.3, 0.4) is 0 Å². The Labute approximate surface area is 147 Å². The lowest BCUT2D eigenvalue weighted by atomic mass is 10.1. The minimum atomic E-state index is -0.314. The van der Waals surface area contributed by atoms with Crippen LogP contribution >= 0.6 is 0 Å². The van der Waals surface area contributed by atoms with Crippen LogP contribution in [-0.2, 0) is 9.59 Å². The maximum Gasteiger partial charge on any atom is 0.315 e. The second-order valence-corrected chi connectivity index (χ2v) is 6.05. The first-order chi connectivity index (χ1) is 12.0. The summed E-state index contributed by atoms with van der Waals surface area (Å²) in [5.74, 6) is 0.0250. The first-order valence-electron chi connectivity index (χ1n) is 8.45. The summed E-state index contributed by atoms with van der Waals surface area (Å²) in [7, 11) is 0. The fourth-order valence-electron chi connectivity index (χ4n) is 2.67. The van der Waals surface area contributed by atoms with Crippen molar-refractivity contribution in [1.29, 1.82) is 0 Å². The van der Waals surface area contributed by atoms with E-state index < -0.39 is 0 Å². The number of urea groups is 1. The molecule has 0 aliphatic carbocycles. The number of nitrogens with zero attached hydrogens (tertiary/aromatic N) is 3. The number of hydrogen-bond acceptors (Lipinski definition) is 4. The monoisotopic (exact) mass is 347 g/mol. The predicted molar refractivity (Wildman–Crippen MR) is 92.6 cm³/mol. The molecular formula is C17H25N5O3. The smallest absolute Gasteiger partial charge is 0.315 e. The van der Waals surface area contributed by atoms with Gasteiger partial charge in [-0.2, -0.15) is 0 Å². The molecule has 0 bridgehead atoms. The lowest BCUT2D eigenvalue weighted by Gasteiger charge is -2.34. The van der Waals surface area contributed by atoms with Crippen molar-refractivity contribution in [1.82, 2.24) is 25.4 Å². The quantitative estimate of drug-likeness (QED) is 0.812. The molecule has 0 aromatic carbocycles. The number of hydrogen-bond donors (Lipinski definition) is 2. The molecule has 1 aromatic heterocycles. The van der Waals surface area contributed by atoms with Crippen LogP contribution in [0.25, 0.3) is 0 Å². The highest BCUT2D eigenvalue weighted by atomic mass is 16.2. The largest absolute Gasteiger partial charge is 0.339 e. The van der Waals surface area contributed by atoms with E-state index in [1.54, 1.807) is 22.2 Å². The summed E-state index contributed by atoms with van der Waals surface area (Å²) in [6.45, 7) is 5.90. The standard InChI is InChI=1S/C17H25N5O3/c1-13(15-4-3-6-18-12-15)20-17(25)19-7-5-16(24)22-10-8-21(9-11-22)14(2)23/h3-4,6,12-13H,5,7-11H2,1-2H3,(H2,19,20,25). The van der Waals surface area contributed by atoms with E-state index in [0.29, 0.717) is 26.2 Å². The van der Waals surface area contributed by atoms with Gasteiger partial charge in [-0.3, -0.25) is 14.6 Å². The molecule has 1 aliphatic rings. The van der Waals surface area contributed by atoms with Gasteiger partial charge in [0.25, 0.3) is 0 Å². The summed E-state index contributed by atoms with van der Waals surface area (Å²) in [6.07, 6.45) is 3.63. The third-order valence-corrected chi connectivity index (χ3v) is 4.23. The number of rotatable bonds is 5. The highest BCUT2D eigenvalue weighted by Gasteiger charge is 2.22. The van der Waals surface area contributed by atoms with E-state index in [1.807, 2.05) is 19.1 Å². The van der Waals surface area contributed by atoms with Gasteiger partial charge >= 0.3 is 6.03 Å². The van der Waals surface area contributed by atoms with Crippen molar-refractivity contribution in [2.75, 3.05) is 32.7 Å². The first-order valence-corrected chi connectivity index (χ1v) is 8.45. The lowest BCUT2D eigenvalue weighted by molar-refractivity contribution is -0.138. The molecule has 25 heavy (non-hydrogen) atoms. The predicted octanol–water partition coefficient (Wildman–Crippen LogP) is 0.523. The van der Waals surface area contributed by atoms with E-state index in [-0.39, 0.29) is 36.9 Å². The van der Waals surface area contributed by atoms with Gasteiger partial charge in [0, 0.05) is 58.5 Å². The Morgan fingerprint density at radius 2 is 1.88 bits per heavy atom. The van der Waals surface area contributed by atoms with Crippen LogP contribution in [0.5, 0.6) is 0 Å². The number of nitrogens with one attached hydrogen (secondary N) is 2. The Morgan fingerprint density at radius 1 is 1.20 bits per heavy atom. The van der Waals surface area contributed by atoms with E-state index in [0.717, 1.165) is 5.56 Å². The average Bonchev–Trinajstić information content (AvgIpc) is 2.62. The fraction of sp³-hybridized carbons (Fsp3) is 0.529. The van der Waals surface area contributed by atoms with Crippen molar-refractivity contribution in [3.8, 4) is 0 Å². The zero-order chi connectivity index (χ0) is 18.2. The van der Waals surface area contributed by atoms with Gasteiger partial charge in [0.2, 0.25) is 11.8 Å². The van der Waals surface area contributed by atoms with Gasteiger partial charge in [0.15, 0.2) is 0 Å². The summed E-state index contributed by atoms with van der Waals surface area (Å²) in [6, 6.07) is 3.23. The minimum Gasteiger partial charge on any atom is -0.339 e. The van der Waals surface area contributed by atoms with Gasteiger partial charge in [-0.25, -0.2) is 4.79 Å². The summed E-state index contributed by atoms with van der Waals surface area (Å²) in [5.41, 5.74) is 0.914. The fourth-order valence-corrected chi connectivity index (χ4v) is 2.67. The molecular weight excluding hydrogens is 322 g/mol. The van der Waals surface area contributed by atoms with Crippen LogP contribution in [0.1, 0.15) is 31.9 Å². The van der Waals surface area contributed by atoms with Crippen molar-refractivity contribution >= 4 is 17.8 Å². The molecule has 2 rings (SSSR count). The maximum absolute atomic E-state index is 12.1. The van der Waals surface area contributed by atoms with Crippen molar-refractivity contribution in [2.24, 2.45) is 0 Å². The SMILES string of the molecule is CC(=O)N1CCN(C(=O)CCNC(=O)NC(C)c2cccnc2)CC1. The van der Waals surface area contributed by atoms with Crippen LogP contribution in [-0.4, -0.2) is 65.4 Å². The Hall–Kier alpha value is -2.64. The van der Waals surface area contributed by atoms with Gasteiger partial charge in [-0.05, 0) is 18.6 Å². The van der Waals surface area contributed by atoms with Crippen molar-refractivity contribution < 1.29 is 14.4 Å².